The molecule has 2 aliphatic rings. The molecule has 0 aliphatic carbocycles. The highest BCUT2D eigenvalue weighted by molar-refractivity contribution is 5.59. The standard InChI is InChI=1S/C17H17N3O3/c18-6-14-17(23-16(19-14)11-4-2-1-3-5-11)20-7-12-9-22-10-13(8-20)15(12)21/h1-5,12-13,15,21H,7-10H2. The van der Waals surface area contributed by atoms with E-state index in [1.54, 1.807) is 0 Å². The topological polar surface area (TPSA) is 82.5 Å². The quantitative estimate of drug-likeness (QED) is 0.908. The van der Waals surface area contributed by atoms with Gasteiger partial charge >= 0.3 is 0 Å². The smallest absolute Gasteiger partial charge is 0.235 e. The van der Waals surface area contributed by atoms with Gasteiger partial charge in [0.25, 0.3) is 0 Å². The predicted molar refractivity (Wildman–Crippen MR) is 82.7 cm³/mol. The van der Waals surface area contributed by atoms with E-state index in [-0.39, 0.29) is 17.9 Å². The molecule has 2 aliphatic heterocycles. The monoisotopic (exact) mass is 311 g/mol. The van der Waals surface area contributed by atoms with Gasteiger partial charge in [-0.15, -0.1) is 0 Å². The Labute approximate surface area is 133 Å². The summed E-state index contributed by atoms with van der Waals surface area (Å²) < 4.78 is 11.4. The number of benzene rings is 1. The number of nitrogens with zero attached hydrogens (tertiary/aromatic N) is 3. The van der Waals surface area contributed by atoms with Gasteiger partial charge in [-0.05, 0) is 12.1 Å². The van der Waals surface area contributed by atoms with E-state index in [2.05, 4.69) is 11.1 Å². The van der Waals surface area contributed by atoms with Gasteiger partial charge in [0.05, 0.1) is 19.3 Å². The average molecular weight is 311 g/mol. The number of oxazole rings is 1. The first-order valence-electron chi connectivity index (χ1n) is 7.73. The lowest BCUT2D eigenvalue weighted by Gasteiger charge is -2.44. The van der Waals surface area contributed by atoms with Gasteiger partial charge in [-0.3, -0.25) is 0 Å². The molecule has 23 heavy (non-hydrogen) atoms. The molecular weight excluding hydrogens is 294 g/mol. The SMILES string of the molecule is N#Cc1nc(-c2ccccc2)oc1N1CC2COCC(C1)C2O. The number of hydrogen-bond donors (Lipinski definition) is 1. The van der Waals surface area contributed by atoms with Crippen LogP contribution in [0.25, 0.3) is 11.5 Å². The van der Waals surface area contributed by atoms with E-state index in [9.17, 15) is 10.4 Å². The molecule has 1 aromatic heterocycles. The normalized spacial score (nSPS) is 26.8. The largest absolute Gasteiger partial charge is 0.419 e. The number of rotatable bonds is 2. The molecule has 3 heterocycles. The zero-order chi connectivity index (χ0) is 15.8. The molecular formula is C17H17N3O3. The van der Waals surface area contributed by atoms with Crippen LogP contribution in [0.3, 0.4) is 0 Å². The third kappa shape index (κ3) is 2.48. The Morgan fingerprint density at radius 3 is 2.52 bits per heavy atom. The first-order chi connectivity index (χ1) is 11.3. The molecule has 2 bridgehead atoms. The van der Waals surface area contributed by atoms with Crippen LogP contribution in [0.15, 0.2) is 34.7 Å². The van der Waals surface area contributed by atoms with Crippen LogP contribution in [0.4, 0.5) is 5.88 Å². The Bertz CT molecular complexity index is 723. The Morgan fingerprint density at radius 1 is 1.17 bits per heavy atom. The van der Waals surface area contributed by atoms with Crippen molar-refractivity contribution >= 4 is 5.88 Å². The van der Waals surface area contributed by atoms with Gasteiger partial charge in [0, 0.05) is 30.5 Å². The first kappa shape index (κ1) is 14.2. The van der Waals surface area contributed by atoms with E-state index < -0.39 is 0 Å². The molecule has 0 radical (unpaired) electrons. The molecule has 1 aromatic carbocycles. The van der Waals surface area contributed by atoms with E-state index in [1.165, 1.54) is 0 Å². The number of anilines is 1. The highest BCUT2D eigenvalue weighted by atomic mass is 16.5. The molecule has 2 unspecified atom stereocenters. The minimum atomic E-state index is -0.345. The van der Waals surface area contributed by atoms with Crippen LogP contribution in [0.1, 0.15) is 5.69 Å². The summed E-state index contributed by atoms with van der Waals surface area (Å²) in [5.41, 5.74) is 1.13. The molecule has 4 rings (SSSR count). The highest BCUT2D eigenvalue weighted by Gasteiger charge is 2.41. The van der Waals surface area contributed by atoms with Gasteiger partial charge in [0.2, 0.25) is 17.5 Å². The second kappa shape index (κ2) is 5.69. The van der Waals surface area contributed by atoms with Crippen LogP contribution in [0.5, 0.6) is 0 Å². The highest BCUT2D eigenvalue weighted by Crippen LogP contribution is 2.34. The van der Waals surface area contributed by atoms with Gasteiger partial charge < -0.3 is 19.2 Å². The molecule has 6 heteroatoms. The molecule has 1 N–H and O–H groups in total. The summed E-state index contributed by atoms with van der Waals surface area (Å²) in [5.74, 6) is 1.03. The number of aliphatic hydroxyl groups is 1. The van der Waals surface area contributed by atoms with Gasteiger partial charge in [-0.2, -0.15) is 10.2 Å². The summed E-state index contributed by atoms with van der Waals surface area (Å²) in [5, 5.41) is 19.6. The van der Waals surface area contributed by atoms with Gasteiger partial charge in [0.15, 0.2) is 0 Å². The van der Waals surface area contributed by atoms with Gasteiger partial charge in [-0.25, -0.2) is 0 Å². The number of aliphatic hydroxyl groups excluding tert-OH is 1. The van der Waals surface area contributed by atoms with Crippen LogP contribution < -0.4 is 4.90 Å². The second-order valence-electron chi connectivity index (χ2n) is 6.10. The minimum absolute atomic E-state index is 0.0410. The Balaban J connectivity index is 1.67. The molecule has 0 spiro atoms. The van der Waals surface area contributed by atoms with E-state index in [0.29, 0.717) is 43.8 Å². The van der Waals surface area contributed by atoms with Gasteiger partial charge in [0.1, 0.15) is 6.07 Å². The fraction of sp³-hybridized carbons (Fsp3) is 0.412. The zero-order valence-corrected chi connectivity index (χ0v) is 12.6. The summed E-state index contributed by atoms with van der Waals surface area (Å²) in [6.45, 7) is 2.29. The Kier molecular flexibility index (Phi) is 3.52. The molecule has 6 nitrogen and oxygen atoms in total. The number of hydrogen-bond acceptors (Lipinski definition) is 6. The van der Waals surface area contributed by atoms with Crippen molar-refractivity contribution in [2.75, 3.05) is 31.2 Å². The van der Waals surface area contributed by atoms with Crippen LogP contribution >= 0.6 is 0 Å². The van der Waals surface area contributed by atoms with Crippen LogP contribution in [0, 0.1) is 23.2 Å². The fourth-order valence-corrected chi connectivity index (χ4v) is 3.38. The molecule has 2 atom stereocenters. The molecule has 0 amide bonds. The van der Waals surface area contributed by atoms with Crippen molar-refractivity contribution in [1.29, 1.82) is 5.26 Å². The second-order valence-corrected chi connectivity index (χ2v) is 6.10. The maximum Gasteiger partial charge on any atom is 0.235 e. The van der Waals surface area contributed by atoms with Gasteiger partial charge in [-0.1, -0.05) is 18.2 Å². The summed E-state index contributed by atoms with van der Waals surface area (Å²) in [4.78, 5) is 6.34. The molecule has 118 valence electrons. The zero-order valence-electron chi connectivity index (χ0n) is 12.6. The van der Waals surface area contributed by atoms with Crippen LogP contribution in [0.2, 0.25) is 0 Å². The summed E-state index contributed by atoms with van der Waals surface area (Å²) in [7, 11) is 0. The van der Waals surface area contributed by atoms with Crippen LogP contribution in [-0.2, 0) is 4.74 Å². The lowest BCUT2D eigenvalue weighted by Crippen LogP contribution is -2.55. The molecule has 2 aromatic rings. The summed E-state index contributed by atoms with van der Waals surface area (Å²) in [6.07, 6.45) is -0.345. The average Bonchev–Trinajstić information content (AvgIpc) is 3.00. The number of aromatic nitrogens is 1. The maximum absolute atomic E-state index is 10.2. The van der Waals surface area contributed by atoms with Crippen molar-refractivity contribution in [2.24, 2.45) is 11.8 Å². The first-order valence-corrected chi connectivity index (χ1v) is 7.73. The van der Waals surface area contributed by atoms with E-state index in [4.69, 9.17) is 9.15 Å². The molecule has 2 saturated heterocycles. The van der Waals surface area contributed by atoms with Crippen molar-refractivity contribution in [3.63, 3.8) is 0 Å². The predicted octanol–water partition coefficient (Wildman–Crippen LogP) is 1.66. The van der Waals surface area contributed by atoms with Crippen molar-refractivity contribution in [2.45, 2.75) is 6.10 Å². The Hall–Kier alpha value is -2.36. The minimum Gasteiger partial charge on any atom is -0.419 e. The van der Waals surface area contributed by atoms with Crippen molar-refractivity contribution in [3.8, 4) is 17.5 Å². The third-order valence-corrected chi connectivity index (χ3v) is 4.56. The number of ether oxygens (including phenoxy) is 1. The van der Waals surface area contributed by atoms with Crippen LogP contribution in [-0.4, -0.2) is 42.5 Å². The summed E-state index contributed by atoms with van der Waals surface area (Å²) >= 11 is 0. The number of piperidine rings is 1. The number of nitriles is 1. The van der Waals surface area contributed by atoms with E-state index in [0.717, 1.165) is 5.56 Å². The van der Waals surface area contributed by atoms with Crippen molar-refractivity contribution in [1.82, 2.24) is 4.98 Å². The van der Waals surface area contributed by atoms with E-state index in [1.807, 2.05) is 35.2 Å². The number of fused-ring (bicyclic) bond motifs is 2. The van der Waals surface area contributed by atoms with E-state index >= 15 is 0 Å². The Morgan fingerprint density at radius 2 is 1.87 bits per heavy atom. The van der Waals surface area contributed by atoms with Crippen molar-refractivity contribution in [3.05, 3.63) is 36.0 Å². The lowest BCUT2D eigenvalue weighted by atomic mass is 9.85. The summed E-state index contributed by atoms with van der Waals surface area (Å²) in [6, 6.07) is 11.7. The molecule has 0 saturated carbocycles. The van der Waals surface area contributed by atoms with Crippen molar-refractivity contribution < 1.29 is 14.3 Å². The lowest BCUT2D eigenvalue weighted by molar-refractivity contribution is -0.0875. The fourth-order valence-electron chi connectivity index (χ4n) is 3.38. The molecule has 2 fully saturated rings. The maximum atomic E-state index is 10.2. The third-order valence-electron chi connectivity index (χ3n) is 4.56.